The van der Waals surface area contributed by atoms with Gasteiger partial charge in [0.05, 0.1) is 7.11 Å². The third-order valence-corrected chi connectivity index (χ3v) is 4.06. The first-order valence-electron chi connectivity index (χ1n) is 8.06. The van der Waals surface area contributed by atoms with Gasteiger partial charge in [0.2, 0.25) is 0 Å². The SMILES string of the molecule is COc1cccc2c1OC(C(=O)Nc1ccc(OCC(=O)O)cc1C)C2. The van der Waals surface area contributed by atoms with Crippen LogP contribution in [0.2, 0.25) is 0 Å². The Balaban J connectivity index is 1.66. The maximum absolute atomic E-state index is 12.5. The van der Waals surface area contributed by atoms with Crippen molar-refractivity contribution in [3.8, 4) is 17.2 Å². The summed E-state index contributed by atoms with van der Waals surface area (Å²) in [4.78, 5) is 23.1. The van der Waals surface area contributed by atoms with Crippen molar-refractivity contribution in [2.45, 2.75) is 19.4 Å². The van der Waals surface area contributed by atoms with Gasteiger partial charge < -0.3 is 24.6 Å². The molecule has 2 N–H and O–H groups in total. The molecule has 7 nitrogen and oxygen atoms in total. The maximum atomic E-state index is 12.5. The number of anilines is 1. The fourth-order valence-electron chi connectivity index (χ4n) is 2.77. The molecule has 0 spiro atoms. The van der Waals surface area contributed by atoms with Crippen molar-refractivity contribution in [1.29, 1.82) is 0 Å². The van der Waals surface area contributed by atoms with Crippen LogP contribution in [0.3, 0.4) is 0 Å². The number of carboxylic acids is 1. The van der Waals surface area contributed by atoms with Gasteiger partial charge in [0, 0.05) is 17.7 Å². The summed E-state index contributed by atoms with van der Waals surface area (Å²) in [6.45, 7) is 1.39. The van der Waals surface area contributed by atoms with Crippen LogP contribution in [0.25, 0.3) is 0 Å². The molecule has 0 bridgehead atoms. The molecular formula is C19H19NO6. The lowest BCUT2D eigenvalue weighted by Crippen LogP contribution is -2.31. The molecule has 1 aliphatic rings. The molecule has 1 atom stereocenters. The summed E-state index contributed by atoms with van der Waals surface area (Å²) >= 11 is 0. The van der Waals surface area contributed by atoms with Crippen LogP contribution in [0.15, 0.2) is 36.4 Å². The van der Waals surface area contributed by atoms with E-state index in [1.54, 1.807) is 38.3 Å². The highest BCUT2D eigenvalue weighted by molar-refractivity contribution is 5.96. The van der Waals surface area contributed by atoms with Crippen molar-refractivity contribution >= 4 is 17.6 Å². The third kappa shape index (κ3) is 3.72. The molecule has 2 aromatic carbocycles. The number of nitrogens with one attached hydrogen (secondary N) is 1. The van der Waals surface area contributed by atoms with E-state index in [2.05, 4.69) is 5.32 Å². The highest BCUT2D eigenvalue weighted by Crippen LogP contribution is 2.38. The molecule has 1 amide bonds. The number of amides is 1. The number of hydrogen-bond acceptors (Lipinski definition) is 5. The zero-order valence-electron chi connectivity index (χ0n) is 14.4. The number of benzene rings is 2. The molecule has 1 heterocycles. The van der Waals surface area contributed by atoms with E-state index in [4.69, 9.17) is 19.3 Å². The molecule has 3 rings (SSSR count). The minimum atomic E-state index is -1.05. The molecule has 2 aromatic rings. The average Bonchev–Trinajstić information content (AvgIpc) is 3.06. The lowest BCUT2D eigenvalue weighted by Gasteiger charge is -2.14. The quantitative estimate of drug-likeness (QED) is 0.825. The van der Waals surface area contributed by atoms with Crippen LogP contribution in [0.5, 0.6) is 17.2 Å². The maximum Gasteiger partial charge on any atom is 0.341 e. The van der Waals surface area contributed by atoms with Crippen LogP contribution in [0.4, 0.5) is 5.69 Å². The summed E-state index contributed by atoms with van der Waals surface area (Å²) in [5, 5.41) is 11.5. The smallest absolute Gasteiger partial charge is 0.341 e. The number of hydrogen-bond donors (Lipinski definition) is 2. The van der Waals surface area contributed by atoms with Crippen LogP contribution in [-0.4, -0.2) is 36.8 Å². The summed E-state index contributed by atoms with van der Waals surface area (Å²) in [5.74, 6) is 0.328. The lowest BCUT2D eigenvalue weighted by atomic mass is 10.1. The van der Waals surface area contributed by atoms with Crippen molar-refractivity contribution in [3.63, 3.8) is 0 Å². The zero-order valence-corrected chi connectivity index (χ0v) is 14.4. The van der Waals surface area contributed by atoms with Gasteiger partial charge in [-0.15, -0.1) is 0 Å². The van der Waals surface area contributed by atoms with Crippen molar-refractivity contribution < 1.29 is 28.9 Å². The van der Waals surface area contributed by atoms with Crippen LogP contribution < -0.4 is 19.5 Å². The normalized spacial score (nSPS) is 14.9. The molecular weight excluding hydrogens is 338 g/mol. The number of aryl methyl sites for hydroxylation is 1. The van der Waals surface area contributed by atoms with Gasteiger partial charge in [0.25, 0.3) is 5.91 Å². The second-order valence-corrected chi connectivity index (χ2v) is 5.91. The third-order valence-electron chi connectivity index (χ3n) is 4.06. The minimum absolute atomic E-state index is 0.259. The van der Waals surface area contributed by atoms with E-state index in [0.717, 1.165) is 11.1 Å². The minimum Gasteiger partial charge on any atom is -0.493 e. The number of carboxylic acid groups (broad SMARTS) is 1. The number of methoxy groups -OCH3 is 1. The van der Waals surface area contributed by atoms with Gasteiger partial charge in [-0.3, -0.25) is 4.79 Å². The van der Waals surface area contributed by atoms with Crippen LogP contribution in [0.1, 0.15) is 11.1 Å². The van der Waals surface area contributed by atoms with Gasteiger partial charge in [0.1, 0.15) is 5.75 Å². The molecule has 0 fully saturated rings. The summed E-state index contributed by atoms with van der Waals surface area (Å²) < 4.78 is 16.2. The number of carbonyl (C=O) groups is 2. The zero-order chi connectivity index (χ0) is 18.7. The van der Waals surface area contributed by atoms with Gasteiger partial charge in [-0.25, -0.2) is 4.79 Å². The number of fused-ring (bicyclic) bond motifs is 1. The summed E-state index contributed by atoms with van der Waals surface area (Å²) in [6, 6.07) is 10.5. The van der Waals surface area contributed by atoms with Crippen molar-refractivity contribution in [1.82, 2.24) is 0 Å². The Bertz CT molecular complexity index is 848. The number of carbonyl (C=O) groups excluding carboxylic acids is 1. The van der Waals surface area contributed by atoms with E-state index in [9.17, 15) is 9.59 Å². The fourth-order valence-corrected chi connectivity index (χ4v) is 2.77. The van der Waals surface area contributed by atoms with Gasteiger partial charge in [-0.1, -0.05) is 12.1 Å². The van der Waals surface area contributed by atoms with E-state index in [-0.39, 0.29) is 5.91 Å². The molecule has 0 radical (unpaired) electrons. The van der Waals surface area contributed by atoms with E-state index >= 15 is 0 Å². The summed E-state index contributed by atoms with van der Waals surface area (Å²) in [5.41, 5.74) is 2.30. The van der Waals surface area contributed by atoms with E-state index in [0.29, 0.717) is 29.4 Å². The standard InChI is InChI=1S/C19H19NO6/c1-11-8-13(25-10-17(21)22)6-7-14(11)20-19(23)16-9-12-4-3-5-15(24-2)18(12)26-16/h3-8,16H,9-10H2,1-2H3,(H,20,23)(H,21,22). The Morgan fingerprint density at radius 3 is 2.81 bits per heavy atom. The summed E-state index contributed by atoms with van der Waals surface area (Å²) in [7, 11) is 1.56. The number of rotatable bonds is 6. The molecule has 0 saturated carbocycles. The largest absolute Gasteiger partial charge is 0.493 e. The lowest BCUT2D eigenvalue weighted by molar-refractivity contribution is -0.139. The van der Waals surface area contributed by atoms with Crippen LogP contribution >= 0.6 is 0 Å². The first-order valence-corrected chi connectivity index (χ1v) is 8.06. The molecule has 0 aliphatic carbocycles. The number of aliphatic carboxylic acids is 1. The topological polar surface area (TPSA) is 94.1 Å². The van der Waals surface area contributed by atoms with E-state index in [1.807, 2.05) is 12.1 Å². The van der Waals surface area contributed by atoms with E-state index < -0.39 is 18.7 Å². The van der Waals surface area contributed by atoms with Gasteiger partial charge in [-0.05, 0) is 36.8 Å². The second kappa shape index (κ2) is 7.35. The van der Waals surface area contributed by atoms with Crippen molar-refractivity contribution in [3.05, 3.63) is 47.5 Å². The first-order chi connectivity index (χ1) is 12.5. The predicted octanol–water partition coefficient (Wildman–Crippen LogP) is 2.41. The molecule has 7 heteroatoms. The molecule has 0 aromatic heterocycles. The second-order valence-electron chi connectivity index (χ2n) is 5.91. The Hall–Kier alpha value is -3.22. The monoisotopic (exact) mass is 357 g/mol. The van der Waals surface area contributed by atoms with Gasteiger partial charge in [-0.2, -0.15) is 0 Å². The molecule has 1 unspecified atom stereocenters. The fraction of sp³-hybridized carbons (Fsp3) is 0.263. The highest BCUT2D eigenvalue weighted by atomic mass is 16.5. The Morgan fingerprint density at radius 2 is 2.12 bits per heavy atom. The Morgan fingerprint density at radius 1 is 1.31 bits per heavy atom. The van der Waals surface area contributed by atoms with E-state index in [1.165, 1.54) is 0 Å². The highest BCUT2D eigenvalue weighted by Gasteiger charge is 2.31. The van der Waals surface area contributed by atoms with Crippen molar-refractivity contribution in [2.75, 3.05) is 19.0 Å². The van der Waals surface area contributed by atoms with Crippen molar-refractivity contribution in [2.24, 2.45) is 0 Å². The Labute approximate surface area is 150 Å². The van der Waals surface area contributed by atoms with Crippen LogP contribution in [-0.2, 0) is 16.0 Å². The molecule has 0 saturated heterocycles. The first kappa shape index (κ1) is 17.6. The Kier molecular flexibility index (Phi) is 4.97. The number of ether oxygens (including phenoxy) is 3. The van der Waals surface area contributed by atoms with Gasteiger partial charge in [0.15, 0.2) is 24.2 Å². The number of para-hydroxylation sites is 1. The molecule has 26 heavy (non-hydrogen) atoms. The molecule has 1 aliphatic heterocycles. The molecule has 136 valence electrons. The van der Waals surface area contributed by atoms with Gasteiger partial charge >= 0.3 is 5.97 Å². The van der Waals surface area contributed by atoms with Crippen LogP contribution in [0, 0.1) is 6.92 Å². The predicted molar refractivity (Wildman–Crippen MR) is 94.1 cm³/mol. The summed E-state index contributed by atoms with van der Waals surface area (Å²) in [6.07, 6.45) is -0.166. The average molecular weight is 357 g/mol.